The fourth-order valence-corrected chi connectivity index (χ4v) is 3.48. The second-order valence-electron chi connectivity index (χ2n) is 7.29. The van der Waals surface area contributed by atoms with Gasteiger partial charge in [-0.25, -0.2) is 0 Å². The Bertz CT molecular complexity index is 810. The Morgan fingerprint density at radius 1 is 1.30 bits per heavy atom. The molecule has 0 saturated carbocycles. The molecule has 1 aliphatic heterocycles. The number of anilines is 1. The van der Waals surface area contributed by atoms with Gasteiger partial charge in [0.15, 0.2) is 11.5 Å². The number of carbonyl (C=O) groups excluding carboxylic acids is 1. The number of nitrogens with two attached hydrogens (primary N) is 1. The number of nitrogens with zero attached hydrogens (tertiary/aromatic N) is 4. The SMILES string of the molecule is CC(CN)c1ccc(CC(=O)CC2CCN(c3ccc(C#N)nn3)C2)cc1. The second-order valence-corrected chi connectivity index (χ2v) is 7.29. The number of ketones is 1. The van der Waals surface area contributed by atoms with E-state index in [4.69, 9.17) is 11.0 Å². The molecule has 2 N–H and O–H groups in total. The standard InChI is InChI=1S/C21H25N5O/c1-15(12-22)18-4-2-16(3-5-18)10-20(27)11-17-8-9-26(14-17)21-7-6-19(13-23)24-25-21/h2-7,15,17H,8-12,14,22H2,1H3. The lowest BCUT2D eigenvalue weighted by Crippen LogP contribution is -2.22. The first-order chi connectivity index (χ1) is 13.1. The highest BCUT2D eigenvalue weighted by Crippen LogP contribution is 2.25. The summed E-state index contributed by atoms with van der Waals surface area (Å²) in [5.74, 6) is 1.72. The summed E-state index contributed by atoms with van der Waals surface area (Å²) >= 11 is 0. The second kappa shape index (κ2) is 8.74. The van der Waals surface area contributed by atoms with Crippen LogP contribution in [0.2, 0.25) is 0 Å². The Morgan fingerprint density at radius 3 is 2.70 bits per heavy atom. The molecule has 2 aromatic rings. The van der Waals surface area contributed by atoms with E-state index in [1.54, 1.807) is 6.07 Å². The van der Waals surface area contributed by atoms with Crippen molar-refractivity contribution in [1.29, 1.82) is 5.26 Å². The zero-order valence-corrected chi connectivity index (χ0v) is 15.6. The van der Waals surface area contributed by atoms with Gasteiger partial charge in [0, 0.05) is 25.9 Å². The van der Waals surface area contributed by atoms with Crippen molar-refractivity contribution in [3.05, 3.63) is 53.2 Å². The normalized spacial score (nSPS) is 17.5. The maximum absolute atomic E-state index is 12.5. The van der Waals surface area contributed by atoms with Crippen LogP contribution in [0.25, 0.3) is 0 Å². The molecule has 140 valence electrons. The number of hydrogen-bond donors (Lipinski definition) is 1. The molecule has 6 nitrogen and oxygen atoms in total. The Balaban J connectivity index is 1.50. The fourth-order valence-electron chi connectivity index (χ4n) is 3.48. The van der Waals surface area contributed by atoms with E-state index >= 15 is 0 Å². The van der Waals surface area contributed by atoms with Crippen LogP contribution in [0.5, 0.6) is 0 Å². The number of hydrogen-bond acceptors (Lipinski definition) is 6. The van der Waals surface area contributed by atoms with Crippen molar-refractivity contribution < 1.29 is 4.79 Å². The Labute approximate surface area is 160 Å². The number of benzene rings is 1. The molecule has 1 aliphatic rings. The molecule has 0 amide bonds. The molecular formula is C21H25N5O. The molecule has 2 heterocycles. The minimum Gasteiger partial charge on any atom is -0.355 e. The molecule has 3 rings (SSSR count). The van der Waals surface area contributed by atoms with Crippen molar-refractivity contribution in [2.75, 3.05) is 24.5 Å². The van der Waals surface area contributed by atoms with Crippen molar-refractivity contribution in [3.8, 4) is 6.07 Å². The number of carbonyl (C=O) groups is 1. The lowest BCUT2D eigenvalue weighted by atomic mass is 9.95. The van der Waals surface area contributed by atoms with Crippen LogP contribution in [-0.2, 0) is 11.2 Å². The summed E-state index contributed by atoms with van der Waals surface area (Å²) in [7, 11) is 0. The van der Waals surface area contributed by atoms with Gasteiger partial charge < -0.3 is 10.6 Å². The molecule has 0 bridgehead atoms. The van der Waals surface area contributed by atoms with E-state index in [0.717, 1.165) is 30.9 Å². The van der Waals surface area contributed by atoms with Crippen molar-refractivity contribution in [3.63, 3.8) is 0 Å². The lowest BCUT2D eigenvalue weighted by molar-refractivity contribution is -0.119. The Hall–Kier alpha value is -2.78. The zero-order valence-electron chi connectivity index (χ0n) is 15.6. The summed E-state index contributed by atoms with van der Waals surface area (Å²) in [6, 6.07) is 13.7. The molecule has 27 heavy (non-hydrogen) atoms. The third kappa shape index (κ3) is 4.89. The summed E-state index contributed by atoms with van der Waals surface area (Å²) in [6.45, 7) is 4.40. The molecular weight excluding hydrogens is 338 g/mol. The highest BCUT2D eigenvalue weighted by Gasteiger charge is 2.25. The monoisotopic (exact) mass is 363 g/mol. The summed E-state index contributed by atoms with van der Waals surface area (Å²) in [5, 5.41) is 16.8. The van der Waals surface area contributed by atoms with Crippen LogP contribution < -0.4 is 10.6 Å². The zero-order chi connectivity index (χ0) is 19.2. The van der Waals surface area contributed by atoms with Gasteiger partial charge >= 0.3 is 0 Å². The van der Waals surface area contributed by atoms with Gasteiger partial charge in [0.25, 0.3) is 0 Å². The van der Waals surface area contributed by atoms with E-state index in [9.17, 15) is 4.79 Å². The topological polar surface area (TPSA) is 95.9 Å². The van der Waals surface area contributed by atoms with Gasteiger partial charge in [-0.2, -0.15) is 5.26 Å². The van der Waals surface area contributed by atoms with Gasteiger partial charge in [-0.15, -0.1) is 10.2 Å². The van der Waals surface area contributed by atoms with Crippen molar-refractivity contribution in [2.24, 2.45) is 11.7 Å². The molecule has 1 aromatic carbocycles. The van der Waals surface area contributed by atoms with Crippen LogP contribution in [0.15, 0.2) is 36.4 Å². The van der Waals surface area contributed by atoms with Crippen LogP contribution in [0.4, 0.5) is 5.82 Å². The maximum atomic E-state index is 12.5. The van der Waals surface area contributed by atoms with Crippen LogP contribution in [0.3, 0.4) is 0 Å². The third-order valence-electron chi connectivity index (χ3n) is 5.19. The van der Waals surface area contributed by atoms with E-state index in [1.807, 2.05) is 24.3 Å². The number of Topliss-reactive ketones (excluding diaryl/α,β-unsaturated/α-hetero) is 1. The highest BCUT2D eigenvalue weighted by atomic mass is 16.1. The molecule has 2 unspecified atom stereocenters. The third-order valence-corrected chi connectivity index (χ3v) is 5.19. The summed E-state index contributed by atoms with van der Waals surface area (Å²) in [4.78, 5) is 14.6. The van der Waals surface area contributed by atoms with Crippen LogP contribution in [-0.4, -0.2) is 35.6 Å². The van der Waals surface area contributed by atoms with Gasteiger partial charge in [0.05, 0.1) is 0 Å². The Morgan fingerprint density at radius 2 is 2.07 bits per heavy atom. The summed E-state index contributed by atoms with van der Waals surface area (Å²) in [6.07, 6.45) is 2.03. The number of rotatable bonds is 7. The fraction of sp³-hybridized carbons (Fsp3) is 0.429. The smallest absolute Gasteiger partial charge is 0.163 e. The molecule has 2 atom stereocenters. The van der Waals surface area contributed by atoms with Crippen LogP contribution in [0, 0.1) is 17.2 Å². The van der Waals surface area contributed by atoms with Gasteiger partial charge in [0.2, 0.25) is 0 Å². The van der Waals surface area contributed by atoms with Crippen molar-refractivity contribution in [1.82, 2.24) is 10.2 Å². The largest absolute Gasteiger partial charge is 0.355 e. The average molecular weight is 363 g/mol. The minimum atomic E-state index is 0.271. The van der Waals surface area contributed by atoms with E-state index < -0.39 is 0 Å². The van der Waals surface area contributed by atoms with Gasteiger partial charge in [0.1, 0.15) is 11.9 Å². The number of aromatic nitrogens is 2. The molecule has 0 aliphatic carbocycles. The maximum Gasteiger partial charge on any atom is 0.163 e. The molecule has 1 aromatic heterocycles. The van der Waals surface area contributed by atoms with Crippen LogP contribution >= 0.6 is 0 Å². The summed E-state index contributed by atoms with van der Waals surface area (Å²) < 4.78 is 0. The quantitative estimate of drug-likeness (QED) is 0.812. The molecule has 1 fully saturated rings. The first-order valence-corrected chi connectivity index (χ1v) is 9.38. The molecule has 6 heteroatoms. The van der Waals surface area contributed by atoms with E-state index in [0.29, 0.717) is 36.9 Å². The predicted octanol–water partition coefficient (Wildman–Crippen LogP) is 2.44. The lowest BCUT2D eigenvalue weighted by Gasteiger charge is -2.16. The molecule has 1 saturated heterocycles. The first-order valence-electron chi connectivity index (χ1n) is 9.38. The van der Waals surface area contributed by atoms with Crippen LogP contribution in [0.1, 0.15) is 42.5 Å². The van der Waals surface area contributed by atoms with E-state index in [-0.39, 0.29) is 5.78 Å². The summed E-state index contributed by atoms with van der Waals surface area (Å²) in [5.41, 5.74) is 8.29. The molecule has 0 spiro atoms. The highest BCUT2D eigenvalue weighted by molar-refractivity contribution is 5.81. The minimum absolute atomic E-state index is 0.271. The average Bonchev–Trinajstić information content (AvgIpc) is 3.16. The van der Waals surface area contributed by atoms with Gasteiger partial charge in [-0.3, -0.25) is 4.79 Å². The van der Waals surface area contributed by atoms with Crippen molar-refractivity contribution in [2.45, 2.75) is 32.1 Å². The number of nitriles is 1. The van der Waals surface area contributed by atoms with Gasteiger partial charge in [-0.1, -0.05) is 31.2 Å². The Kier molecular flexibility index (Phi) is 6.15. The van der Waals surface area contributed by atoms with Gasteiger partial charge in [-0.05, 0) is 48.1 Å². The van der Waals surface area contributed by atoms with E-state index in [2.05, 4.69) is 34.2 Å². The first kappa shape index (κ1) is 19.0. The van der Waals surface area contributed by atoms with E-state index in [1.165, 1.54) is 5.56 Å². The molecule has 0 radical (unpaired) electrons. The van der Waals surface area contributed by atoms with Crippen molar-refractivity contribution >= 4 is 11.6 Å². The predicted molar refractivity (Wildman–Crippen MR) is 104 cm³/mol.